The molecule has 0 heterocycles. The highest BCUT2D eigenvalue weighted by atomic mass is 35.5. The van der Waals surface area contributed by atoms with E-state index in [0.29, 0.717) is 22.0 Å². The Morgan fingerprint density at radius 2 is 2.18 bits per heavy atom. The van der Waals surface area contributed by atoms with Gasteiger partial charge in [-0.1, -0.05) is 11.6 Å². The number of benzene rings is 1. The fourth-order valence-electron chi connectivity index (χ4n) is 1.26. The van der Waals surface area contributed by atoms with Gasteiger partial charge in [-0.2, -0.15) is 4.99 Å². The molecule has 1 aromatic rings. The van der Waals surface area contributed by atoms with Crippen molar-refractivity contribution in [1.82, 2.24) is 4.90 Å². The number of hydrogen-bond donors (Lipinski definition) is 0. The zero-order chi connectivity index (χ0) is 13.0. The molecule has 0 unspecified atom stereocenters. The van der Waals surface area contributed by atoms with Crippen molar-refractivity contribution >= 4 is 40.6 Å². The summed E-state index contributed by atoms with van der Waals surface area (Å²) in [5.41, 5.74) is 0.776. The zero-order valence-corrected chi connectivity index (χ0v) is 11.2. The number of hydrogen-bond acceptors (Lipinski definition) is 4. The molecule has 0 aliphatic rings. The minimum atomic E-state index is -0.195. The maximum Gasteiger partial charge on any atom is 0.257 e. The van der Waals surface area contributed by atoms with E-state index in [0.717, 1.165) is 0 Å². The molecule has 0 atom stereocenters. The van der Waals surface area contributed by atoms with Crippen LogP contribution in [0.15, 0.2) is 17.1 Å². The Labute approximate surface area is 110 Å². The van der Waals surface area contributed by atoms with Crippen LogP contribution < -0.4 is 4.74 Å². The summed E-state index contributed by atoms with van der Waals surface area (Å²) < 4.78 is 5.11. The van der Waals surface area contributed by atoms with Crippen molar-refractivity contribution in [2.45, 2.75) is 0 Å². The summed E-state index contributed by atoms with van der Waals surface area (Å²) in [5.74, 6) is 0.205. The van der Waals surface area contributed by atoms with E-state index in [1.54, 1.807) is 14.1 Å². The number of ether oxygens (including phenoxy) is 1. The van der Waals surface area contributed by atoms with Crippen LogP contribution in [0, 0.1) is 0 Å². The maximum absolute atomic E-state index is 11.9. The van der Waals surface area contributed by atoms with Crippen molar-refractivity contribution in [2.24, 2.45) is 4.99 Å². The molecule has 0 bridgehead atoms. The van der Waals surface area contributed by atoms with Crippen molar-refractivity contribution in [2.75, 3.05) is 21.2 Å². The van der Waals surface area contributed by atoms with Gasteiger partial charge >= 0.3 is 0 Å². The van der Waals surface area contributed by atoms with E-state index in [4.69, 9.17) is 16.3 Å². The molecule has 4 nitrogen and oxygen atoms in total. The van der Waals surface area contributed by atoms with Crippen molar-refractivity contribution in [3.63, 3.8) is 0 Å². The SMILES string of the molecule is COc1cc(Cl)c(N=C=S)cc1C(=O)N(C)C. The normalized spacial score (nSPS) is 9.41. The lowest BCUT2D eigenvalue weighted by molar-refractivity contribution is 0.0824. The van der Waals surface area contributed by atoms with E-state index in [9.17, 15) is 4.79 Å². The summed E-state index contributed by atoms with van der Waals surface area (Å²) in [6.45, 7) is 0. The Bertz CT molecular complexity index is 496. The second-order valence-electron chi connectivity index (χ2n) is 3.41. The minimum absolute atomic E-state index is 0.195. The highest BCUT2D eigenvalue weighted by Gasteiger charge is 2.17. The van der Waals surface area contributed by atoms with E-state index in [1.807, 2.05) is 0 Å². The number of aliphatic imine (C=N–C) groups is 1. The molecule has 0 saturated carbocycles. The van der Waals surface area contributed by atoms with Gasteiger partial charge in [0.1, 0.15) is 5.75 Å². The fourth-order valence-corrected chi connectivity index (χ4v) is 1.55. The van der Waals surface area contributed by atoms with Crippen LogP contribution in [0.25, 0.3) is 0 Å². The van der Waals surface area contributed by atoms with Crippen molar-refractivity contribution < 1.29 is 9.53 Å². The third-order valence-electron chi connectivity index (χ3n) is 2.07. The average Bonchev–Trinajstić information content (AvgIpc) is 2.30. The first-order valence-electron chi connectivity index (χ1n) is 4.68. The van der Waals surface area contributed by atoms with Gasteiger partial charge in [0.05, 0.1) is 28.5 Å². The van der Waals surface area contributed by atoms with E-state index >= 15 is 0 Å². The number of rotatable bonds is 3. The van der Waals surface area contributed by atoms with Gasteiger partial charge in [-0.15, -0.1) is 0 Å². The fraction of sp³-hybridized carbons (Fsp3) is 0.273. The number of carbonyl (C=O) groups excluding carboxylic acids is 1. The first-order valence-corrected chi connectivity index (χ1v) is 5.47. The topological polar surface area (TPSA) is 41.9 Å². The second-order valence-corrected chi connectivity index (χ2v) is 4.00. The van der Waals surface area contributed by atoms with Crippen molar-refractivity contribution in [3.8, 4) is 5.75 Å². The monoisotopic (exact) mass is 270 g/mol. The number of carbonyl (C=O) groups is 1. The van der Waals surface area contributed by atoms with Crippen LogP contribution in [0.5, 0.6) is 5.75 Å². The van der Waals surface area contributed by atoms with Gasteiger partial charge < -0.3 is 9.64 Å². The Kier molecular flexibility index (Phi) is 4.63. The molecule has 90 valence electrons. The molecule has 1 amide bonds. The molecule has 6 heteroatoms. The van der Waals surface area contributed by atoms with Gasteiger partial charge in [0.15, 0.2) is 0 Å². The smallest absolute Gasteiger partial charge is 0.257 e. The Morgan fingerprint density at radius 3 is 2.65 bits per heavy atom. The van der Waals surface area contributed by atoms with Gasteiger partial charge in [0.2, 0.25) is 0 Å². The minimum Gasteiger partial charge on any atom is -0.496 e. The first kappa shape index (κ1) is 13.6. The molecule has 0 spiro atoms. The number of amides is 1. The van der Waals surface area contributed by atoms with E-state index in [2.05, 4.69) is 22.4 Å². The summed E-state index contributed by atoms with van der Waals surface area (Å²) in [6, 6.07) is 3.06. The third kappa shape index (κ3) is 3.03. The number of nitrogens with zero attached hydrogens (tertiary/aromatic N) is 2. The molecule has 0 fully saturated rings. The van der Waals surface area contributed by atoms with Gasteiger partial charge in [0, 0.05) is 20.2 Å². The molecular weight excluding hydrogens is 260 g/mol. The highest BCUT2D eigenvalue weighted by Crippen LogP contribution is 2.33. The molecule has 17 heavy (non-hydrogen) atoms. The van der Waals surface area contributed by atoms with Crippen molar-refractivity contribution in [1.29, 1.82) is 0 Å². The molecule has 0 aliphatic heterocycles. The third-order valence-corrected chi connectivity index (χ3v) is 2.47. The standard InChI is InChI=1S/C11H11ClN2O2S/c1-14(2)11(15)7-4-9(13-6-17)8(12)5-10(7)16-3/h4-5H,1-3H3. The van der Waals surface area contributed by atoms with Crippen LogP contribution in [0.1, 0.15) is 10.4 Å². The predicted octanol–water partition coefficient (Wildman–Crippen LogP) is 2.78. The summed E-state index contributed by atoms with van der Waals surface area (Å²) in [6.07, 6.45) is 0. The van der Waals surface area contributed by atoms with Crippen LogP contribution >= 0.6 is 23.8 Å². The largest absolute Gasteiger partial charge is 0.496 e. The molecule has 1 aromatic carbocycles. The Morgan fingerprint density at radius 1 is 1.53 bits per heavy atom. The Balaban J connectivity index is 3.41. The lowest BCUT2D eigenvalue weighted by Gasteiger charge is -2.14. The van der Waals surface area contributed by atoms with Crippen LogP contribution in [0.4, 0.5) is 5.69 Å². The quantitative estimate of drug-likeness (QED) is 0.626. The number of halogens is 1. The average molecular weight is 271 g/mol. The molecule has 0 N–H and O–H groups in total. The van der Waals surface area contributed by atoms with Crippen LogP contribution in [0.2, 0.25) is 5.02 Å². The number of methoxy groups -OCH3 is 1. The van der Waals surface area contributed by atoms with Gasteiger partial charge in [-0.25, -0.2) is 0 Å². The maximum atomic E-state index is 11.9. The molecule has 0 radical (unpaired) electrons. The lowest BCUT2D eigenvalue weighted by Crippen LogP contribution is -2.22. The molecule has 1 rings (SSSR count). The van der Waals surface area contributed by atoms with E-state index < -0.39 is 0 Å². The van der Waals surface area contributed by atoms with Gasteiger partial charge in [-0.05, 0) is 18.3 Å². The van der Waals surface area contributed by atoms with Gasteiger partial charge in [0.25, 0.3) is 5.91 Å². The van der Waals surface area contributed by atoms with Crippen LogP contribution in [-0.4, -0.2) is 37.2 Å². The number of isothiocyanates is 1. The summed E-state index contributed by atoms with van der Waals surface area (Å²) in [4.78, 5) is 17.1. The number of thiocarbonyl (C=S) groups is 1. The predicted molar refractivity (Wildman–Crippen MR) is 70.7 cm³/mol. The summed E-state index contributed by atoms with van der Waals surface area (Å²) in [5, 5.41) is 2.57. The van der Waals surface area contributed by atoms with E-state index in [1.165, 1.54) is 24.1 Å². The Hall–Kier alpha value is -1.42. The molecule has 0 aliphatic carbocycles. The summed E-state index contributed by atoms with van der Waals surface area (Å²) >= 11 is 10.5. The second kappa shape index (κ2) is 5.77. The molecular formula is C11H11ClN2O2S. The lowest BCUT2D eigenvalue weighted by atomic mass is 10.1. The van der Waals surface area contributed by atoms with Gasteiger partial charge in [-0.3, -0.25) is 4.79 Å². The highest BCUT2D eigenvalue weighted by molar-refractivity contribution is 7.78. The summed E-state index contributed by atoms with van der Waals surface area (Å²) in [7, 11) is 4.78. The van der Waals surface area contributed by atoms with Crippen LogP contribution in [0.3, 0.4) is 0 Å². The van der Waals surface area contributed by atoms with E-state index in [-0.39, 0.29) is 5.91 Å². The molecule has 0 saturated heterocycles. The first-order chi connectivity index (χ1) is 8.01. The zero-order valence-electron chi connectivity index (χ0n) is 9.65. The van der Waals surface area contributed by atoms with Crippen molar-refractivity contribution in [3.05, 3.63) is 22.7 Å². The molecule has 0 aromatic heterocycles. The van der Waals surface area contributed by atoms with Crippen LogP contribution in [-0.2, 0) is 0 Å².